The maximum absolute atomic E-state index is 6.31. The van der Waals surface area contributed by atoms with Crippen LogP contribution in [0, 0.1) is 0 Å². The van der Waals surface area contributed by atoms with Crippen LogP contribution < -0.4 is 5.73 Å². The van der Waals surface area contributed by atoms with Crippen molar-refractivity contribution in [2.75, 3.05) is 5.73 Å². The Morgan fingerprint density at radius 2 is 1.89 bits per heavy atom. The minimum absolute atomic E-state index is 0.337. The molecule has 0 aliphatic heterocycles. The van der Waals surface area contributed by atoms with E-state index in [1.165, 1.54) is 12.8 Å². The molecule has 2 aromatic rings. The van der Waals surface area contributed by atoms with Gasteiger partial charge in [0.05, 0.1) is 0 Å². The molecule has 2 N–H and O–H groups in total. The van der Waals surface area contributed by atoms with Gasteiger partial charge in [-0.1, -0.05) is 23.7 Å². The van der Waals surface area contributed by atoms with E-state index >= 15 is 0 Å². The second kappa shape index (κ2) is 4.57. The van der Waals surface area contributed by atoms with Crippen LogP contribution in [0.1, 0.15) is 44.5 Å². The third kappa shape index (κ3) is 2.23. The molecular weight excluding hydrogens is 258 g/mol. The Morgan fingerprint density at radius 1 is 1.26 bits per heavy atom. The molecule has 1 aromatic heterocycles. The minimum Gasteiger partial charge on any atom is -0.383 e. The molecule has 0 atom stereocenters. The average Bonchev–Trinajstić information content (AvgIpc) is 3.14. The molecule has 1 aliphatic carbocycles. The van der Waals surface area contributed by atoms with Crippen LogP contribution in [0.5, 0.6) is 0 Å². The van der Waals surface area contributed by atoms with E-state index in [0.29, 0.717) is 12.0 Å². The zero-order chi connectivity index (χ0) is 13.6. The number of nitrogens with two attached hydrogens (primary N) is 1. The van der Waals surface area contributed by atoms with E-state index < -0.39 is 0 Å². The largest absolute Gasteiger partial charge is 0.383 e. The number of benzene rings is 1. The highest BCUT2D eigenvalue weighted by molar-refractivity contribution is 6.30. The Labute approximate surface area is 118 Å². The second-order valence-corrected chi connectivity index (χ2v) is 5.89. The lowest BCUT2D eigenvalue weighted by atomic mass is 10.1. The predicted octanol–water partition coefficient (Wildman–Crippen LogP) is 4.24. The molecule has 1 aliphatic rings. The molecule has 3 rings (SSSR count). The summed E-state index contributed by atoms with van der Waals surface area (Å²) in [6.45, 7) is 4.30. The van der Waals surface area contributed by atoms with Crippen LogP contribution in [0.4, 0.5) is 5.82 Å². The average molecular weight is 276 g/mol. The summed E-state index contributed by atoms with van der Waals surface area (Å²) in [6, 6.07) is 8.04. The number of rotatable bonds is 3. The molecule has 1 heterocycles. The van der Waals surface area contributed by atoms with Crippen LogP contribution in [0.2, 0.25) is 5.02 Å². The van der Waals surface area contributed by atoms with Gasteiger partial charge in [-0.15, -0.1) is 0 Å². The van der Waals surface area contributed by atoms with Gasteiger partial charge in [0.15, 0.2) is 0 Å². The van der Waals surface area contributed by atoms with Gasteiger partial charge in [0.1, 0.15) is 17.3 Å². The van der Waals surface area contributed by atoms with Gasteiger partial charge in [-0.05, 0) is 38.8 Å². The maximum atomic E-state index is 6.31. The zero-order valence-corrected chi connectivity index (χ0v) is 12.0. The number of nitrogens with zero attached hydrogens (tertiary/aromatic N) is 2. The number of aromatic nitrogens is 2. The van der Waals surface area contributed by atoms with Gasteiger partial charge in [0, 0.05) is 22.5 Å². The van der Waals surface area contributed by atoms with Gasteiger partial charge in [-0.3, -0.25) is 0 Å². The van der Waals surface area contributed by atoms with Crippen molar-refractivity contribution in [1.82, 2.24) is 9.55 Å². The van der Waals surface area contributed by atoms with E-state index in [4.69, 9.17) is 22.3 Å². The molecule has 19 heavy (non-hydrogen) atoms. The van der Waals surface area contributed by atoms with Crippen molar-refractivity contribution in [2.45, 2.75) is 38.6 Å². The lowest BCUT2D eigenvalue weighted by Crippen LogP contribution is -2.08. The smallest absolute Gasteiger partial charge is 0.131 e. The first kappa shape index (κ1) is 12.5. The fraction of sp³-hybridized carbons (Fsp3) is 0.400. The summed E-state index contributed by atoms with van der Waals surface area (Å²) < 4.78 is 2.17. The highest BCUT2D eigenvalue weighted by Gasteiger charge is 2.31. The van der Waals surface area contributed by atoms with Gasteiger partial charge in [-0.25, -0.2) is 4.98 Å². The zero-order valence-electron chi connectivity index (χ0n) is 11.2. The molecule has 1 saturated carbocycles. The van der Waals surface area contributed by atoms with Crippen LogP contribution >= 0.6 is 11.6 Å². The monoisotopic (exact) mass is 275 g/mol. The molecule has 0 amide bonds. The first-order valence-electron chi connectivity index (χ1n) is 6.71. The molecule has 0 saturated heterocycles. The van der Waals surface area contributed by atoms with E-state index in [1.54, 1.807) is 0 Å². The third-order valence-electron chi connectivity index (χ3n) is 3.55. The number of nitrogen functional groups attached to an aromatic ring is 1. The van der Waals surface area contributed by atoms with Crippen molar-refractivity contribution >= 4 is 17.4 Å². The van der Waals surface area contributed by atoms with Crippen molar-refractivity contribution < 1.29 is 0 Å². The van der Waals surface area contributed by atoms with Gasteiger partial charge in [-0.2, -0.15) is 0 Å². The summed E-state index contributed by atoms with van der Waals surface area (Å²) in [4.78, 5) is 4.79. The topological polar surface area (TPSA) is 43.8 Å². The van der Waals surface area contributed by atoms with Gasteiger partial charge in [0.2, 0.25) is 0 Å². The molecular formula is C15H18ClN3. The SMILES string of the molecule is CC(C)n1c(C2CC2)nc(-c2ccc(Cl)cc2)c1N. The number of hydrogen-bond donors (Lipinski definition) is 1. The van der Waals surface area contributed by atoms with E-state index in [9.17, 15) is 0 Å². The van der Waals surface area contributed by atoms with Crippen molar-refractivity contribution in [3.63, 3.8) is 0 Å². The summed E-state index contributed by atoms with van der Waals surface area (Å²) in [7, 11) is 0. The number of anilines is 1. The molecule has 1 fully saturated rings. The normalized spacial score (nSPS) is 15.2. The highest BCUT2D eigenvalue weighted by Crippen LogP contribution is 2.43. The van der Waals surface area contributed by atoms with Crippen molar-refractivity contribution in [2.24, 2.45) is 0 Å². The molecule has 1 aromatic carbocycles. The van der Waals surface area contributed by atoms with Crippen LogP contribution in [0.15, 0.2) is 24.3 Å². The van der Waals surface area contributed by atoms with Crippen LogP contribution in [-0.4, -0.2) is 9.55 Å². The Balaban J connectivity index is 2.11. The number of hydrogen-bond acceptors (Lipinski definition) is 2. The summed E-state index contributed by atoms with van der Waals surface area (Å²) in [5.74, 6) is 2.49. The molecule has 100 valence electrons. The predicted molar refractivity (Wildman–Crippen MR) is 79.4 cm³/mol. The molecule has 3 nitrogen and oxygen atoms in total. The van der Waals surface area contributed by atoms with E-state index in [0.717, 1.165) is 27.9 Å². The Morgan fingerprint density at radius 3 is 2.42 bits per heavy atom. The molecule has 0 radical (unpaired) electrons. The molecule has 0 bridgehead atoms. The first-order valence-corrected chi connectivity index (χ1v) is 7.09. The van der Waals surface area contributed by atoms with Crippen LogP contribution in [0.3, 0.4) is 0 Å². The quantitative estimate of drug-likeness (QED) is 0.910. The summed E-state index contributed by atoms with van der Waals surface area (Å²) in [5.41, 5.74) is 8.22. The standard InChI is InChI=1S/C15H18ClN3/c1-9(2)19-14(17)13(18-15(19)11-3-4-11)10-5-7-12(16)8-6-10/h5-9,11H,3-4,17H2,1-2H3. The van der Waals surface area contributed by atoms with E-state index in [1.807, 2.05) is 24.3 Å². The third-order valence-corrected chi connectivity index (χ3v) is 3.80. The van der Waals surface area contributed by atoms with Crippen molar-refractivity contribution in [3.05, 3.63) is 35.1 Å². The molecule has 0 unspecified atom stereocenters. The minimum atomic E-state index is 0.337. The fourth-order valence-corrected chi connectivity index (χ4v) is 2.58. The Kier molecular flexibility index (Phi) is 3.02. The summed E-state index contributed by atoms with van der Waals surface area (Å²) in [5, 5.41) is 0.730. The van der Waals surface area contributed by atoms with Gasteiger partial charge in [0.25, 0.3) is 0 Å². The maximum Gasteiger partial charge on any atom is 0.131 e. The molecule has 4 heteroatoms. The fourth-order valence-electron chi connectivity index (χ4n) is 2.46. The first-order chi connectivity index (χ1) is 9.08. The highest BCUT2D eigenvalue weighted by atomic mass is 35.5. The number of halogens is 1. The van der Waals surface area contributed by atoms with Crippen molar-refractivity contribution in [3.8, 4) is 11.3 Å². The summed E-state index contributed by atoms with van der Waals surface area (Å²) >= 11 is 5.93. The van der Waals surface area contributed by atoms with Gasteiger partial charge < -0.3 is 10.3 Å². The second-order valence-electron chi connectivity index (χ2n) is 5.45. The summed E-state index contributed by atoms with van der Waals surface area (Å²) in [6.07, 6.45) is 2.45. The number of imidazole rings is 1. The molecule has 0 spiro atoms. The Hall–Kier alpha value is -1.48. The Bertz CT molecular complexity index is 595. The lowest BCUT2D eigenvalue weighted by Gasteiger charge is -2.13. The van der Waals surface area contributed by atoms with Crippen molar-refractivity contribution in [1.29, 1.82) is 0 Å². The van der Waals surface area contributed by atoms with Crippen LogP contribution in [0.25, 0.3) is 11.3 Å². The van der Waals surface area contributed by atoms with Gasteiger partial charge >= 0.3 is 0 Å². The van der Waals surface area contributed by atoms with Crippen LogP contribution in [-0.2, 0) is 0 Å². The van der Waals surface area contributed by atoms with E-state index in [2.05, 4.69) is 18.4 Å². The lowest BCUT2D eigenvalue weighted by molar-refractivity contribution is 0.576. The van der Waals surface area contributed by atoms with E-state index in [-0.39, 0.29) is 0 Å².